The van der Waals surface area contributed by atoms with Crippen molar-refractivity contribution in [2.45, 2.75) is 6.42 Å². The van der Waals surface area contributed by atoms with Gasteiger partial charge in [-0.15, -0.1) is 11.6 Å². The topological polar surface area (TPSA) is 3.24 Å². The third-order valence-corrected chi connectivity index (χ3v) is 2.31. The molecule has 0 saturated carbocycles. The number of rotatable bonds is 4. The first kappa shape index (κ1) is 10.5. The molecule has 0 heterocycles. The molecular formula is C10H13ClFN. The molecule has 0 saturated heterocycles. The predicted octanol–water partition coefficient (Wildman–Crippen LogP) is 2.50. The monoisotopic (exact) mass is 201 g/mol. The summed E-state index contributed by atoms with van der Waals surface area (Å²) in [5.74, 6) is -0.186. The van der Waals surface area contributed by atoms with Crippen LogP contribution in [-0.4, -0.2) is 24.5 Å². The van der Waals surface area contributed by atoms with Crippen LogP contribution in [0, 0.1) is 5.82 Å². The predicted molar refractivity (Wildman–Crippen MR) is 53.5 cm³/mol. The summed E-state index contributed by atoms with van der Waals surface area (Å²) in [6.07, 6.45) is 0.906. The van der Waals surface area contributed by atoms with Gasteiger partial charge in [-0.3, -0.25) is 4.90 Å². The van der Waals surface area contributed by atoms with Crippen molar-refractivity contribution in [2.24, 2.45) is 0 Å². The lowest BCUT2D eigenvalue weighted by Gasteiger charge is -2.11. The second-order valence-electron chi connectivity index (χ2n) is 3.08. The molecule has 0 N–H and O–H groups in total. The van der Waals surface area contributed by atoms with E-state index in [2.05, 4.69) is 0 Å². The quantitative estimate of drug-likeness (QED) is 0.535. The van der Waals surface area contributed by atoms with E-state index >= 15 is 0 Å². The highest BCUT2D eigenvalue weighted by Crippen LogP contribution is 2.04. The molecule has 3 heteroatoms. The maximum Gasteiger partial charge on any atom is 0.123 e. The third kappa shape index (κ3) is 3.75. The molecule has 0 aliphatic heterocycles. The van der Waals surface area contributed by atoms with Gasteiger partial charge in [0.05, 0.1) is 6.00 Å². The number of alkyl halides is 1. The van der Waals surface area contributed by atoms with Crippen molar-refractivity contribution < 1.29 is 4.39 Å². The molecule has 1 aromatic rings. The van der Waals surface area contributed by atoms with E-state index in [-0.39, 0.29) is 5.82 Å². The molecule has 13 heavy (non-hydrogen) atoms. The average molecular weight is 202 g/mol. The maximum atomic E-state index is 12.5. The van der Waals surface area contributed by atoms with E-state index in [0.29, 0.717) is 6.00 Å². The minimum Gasteiger partial charge on any atom is -0.293 e. The summed E-state index contributed by atoms with van der Waals surface area (Å²) in [6.45, 7) is 0.898. The summed E-state index contributed by atoms with van der Waals surface area (Å²) in [5, 5.41) is 0. The highest BCUT2D eigenvalue weighted by molar-refractivity contribution is 6.17. The average Bonchev–Trinajstić information content (AvgIpc) is 2.16. The van der Waals surface area contributed by atoms with Crippen LogP contribution < -0.4 is 0 Å². The van der Waals surface area contributed by atoms with Crippen molar-refractivity contribution in [1.29, 1.82) is 0 Å². The molecular weight excluding hydrogens is 189 g/mol. The summed E-state index contributed by atoms with van der Waals surface area (Å²) >= 11 is 5.61. The van der Waals surface area contributed by atoms with Gasteiger partial charge in [0.25, 0.3) is 0 Å². The van der Waals surface area contributed by atoms with Gasteiger partial charge in [0.15, 0.2) is 0 Å². The zero-order valence-corrected chi connectivity index (χ0v) is 8.39. The van der Waals surface area contributed by atoms with Gasteiger partial charge in [-0.25, -0.2) is 4.39 Å². The van der Waals surface area contributed by atoms with E-state index in [0.717, 1.165) is 18.5 Å². The number of nitrogens with zero attached hydrogens (tertiary/aromatic N) is 1. The number of hydrogen-bond acceptors (Lipinski definition) is 1. The molecule has 0 amide bonds. The maximum absolute atomic E-state index is 12.5. The Kier molecular flexibility index (Phi) is 4.19. The minimum absolute atomic E-state index is 0.186. The molecule has 0 bridgehead atoms. The zero-order chi connectivity index (χ0) is 9.68. The Bertz CT molecular complexity index is 248. The molecule has 0 radical (unpaired) electrons. The first-order valence-corrected chi connectivity index (χ1v) is 4.75. The fourth-order valence-corrected chi connectivity index (χ4v) is 1.15. The Morgan fingerprint density at radius 3 is 2.46 bits per heavy atom. The van der Waals surface area contributed by atoms with E-state index in [1.165, 1.54) is 12.1 Å². The van der Waals surface area contributed by atoms with Gasteiger partial charge in [-0.05, 0) is 31.2 Å². The second kappa shape index (κ2) is 5.20. The van der Waals surface area contributed by atoms with Gasteiger partial charge in [0.2, 0.25) is 0 Å². The fourth-order valence-electron chi connectivity index (χ4n) is 1.03. The molecule has 72 valence electrons. The molecule has 0 atom stereocenters. The van der Waals surface area contributed by atoms with Gasteiger partial charge < -0.3 is 0 Å². The van der Waals surface area contributed by atoms with E-state index in [1.54, 1.807) is 12.1 Å². The number of hydrogen-bond donors (Lipinski definition) is 0. The lowest BCUT2D eigenvalue weighted by Crippen LogP contribution is -2.19. The first-order valence-electron chi connectivity index (χ1n) is 4.21. The van der Waals surface area contributed by atoms with Crippen LogP contribution in [0.2, 0.25) is 0 Å². The zero-order valence-electron chi connectivity index (χ0n) is 7.63. The molecule has 0 aliphatic rings. The number of benzene rings is 1. The summed E-state index contributed by atoms with van der Waals surface area (Å²) in [6, 6.07) is 7.10. The molecule has 1 nitrogen and oxygen atoms in total. The van der Waals surface area contributed by atoms with Gasteiger partial charge in [0.1, 0.15) is 5.82 Å². The van der Waals surface area contributed by atoms with Gasteiger partial charge >= 0.3 is 0 Å². The standard InChI is InChI=1S/C10H13ClFN/c1-13(8-11)7-6-9-2-4-10(12)5-3-9/h2-5H,6-8H2,1H3. The molecule has 0 aliphatic carbocycles. The lowest BCUT2D eigenvalue weighted by atomic mass is 10.1. The molecule has 1 aromatic carbocycles. The van der Waals surface area contributed by atoms with Crippen molar-refractivity contribution >= 4 is 11.6 Å². The van der Waals surface area contributed by atoms with Gasteiger partial charge in [-0.1, -0.05) is 12.1 Å². The van der Waals surface area contributed by atoms with E-state index in [1.807, 2.05) is 11.9 Å². The Labute approximate surface area is 83.1 Å². The lowest BCUT2D eigenvalue weighted by molar-refractivity contribution is 0.394. The van der Waals surface area contributed by atoms with Crippen LogP contribution in [-0.2, 0) is 6.42 Å². The van der Waals surface area contributed by atoms with Crippen LogP contribution in [0.5, 0.6) is 0 Å². The normalized spacial score (nSPS) is 10.8. The third-order valence-electron chi connectivity index (χ3n) is 1.90. The van der Waals surface area contributed by atoms with Gasteiger partial charge in [0, 0.05) is 6.54 Å². The molecule has 0 spiro atoms. The Hall–Kier alpha value is -0.600. The Morgan fingerprint density at radius 1 is 1.31 bits per heavy atom. The molecule has 0 aromatic heterocycles. The number of halogens is 2. The first-order chi connectivity index (χ1) is 6.22. The van der Waals surface area contributed by atoms with Crippen LogP contribution in [0.1, 0.15) is 5.56 Å². The van der Waals surface area contributed by atoms with Crippen LogP contribution in [0.3, 0.4) is 0 Å². The van der Waals surface area contributed by atoms with Gasteiger partial charge in [-0.2, -0.15) is 0 Å². The van der Waals surface area contributed by atoms with Crippen molar-refractivity contribution in [1.82, 2.24) is 4.90 Å². The summed E-state index contributed by atoms with van der Waals surface area (Å²) in [4.78, 5) is 2.00. The smallest absolute Gasteiger partial charge is 0.123 e. The van der Waals surface area contributed by atoms with E-state index < -0.39 is 0 Å². The molecule has 1 rings (SSSR count). The van der Waals surface area contributed by atoms with Crippen molar-refractivity contribution in [3.63, 3.8) is 0 Å². The Morgan fingerprint density at radius 2 is 1.92 bits per heavy atom. The van der Waals surface area contributed by atoms with Crippen molar-refractivity contribution in [2.75, 3.05) is 19.6 Å². The second-order valence-corrected chi connectivity index (χ2v) is 3.31. The number of likely N-dealkylation sites (N-methyl/N-ethyl adjacent to an activating group) is 1. The van der Waals surface area contributed by atoms with Crippen molar-refractivity contribution in [3.05, 3.63) is 35.6 Å². The fraction of sp³-hybridized carbons (Fsp3) is 0.400. The molecule has 0 unspecified atom stereocenters. The van der Waals surface area contributed by atoms with E-state index in [9.17, 15) is 4.39 Å². The van der Waals surface area contributed by atoms with Crippen LogP contribution in [0.25, 0.3) is 0 Å². The molecule has 0 fully saturated rings. The highest BCUT2D eigenvalue weighted by Gasteiger charge is 1.97. The summed E-state index contributed by atoms with van der Waals surface area (Å²) < 4.78 is 12.5. The Balaban J connectivity index is 2.41. The van der Waals surface area contributed by atoms with E-state index in [4.69, 9.17) is 11.6 Å². The summed E-state index contributed by atoms with van der Waals surface area (Å²) in [7, 11) is 1.95. The minimum atomic E-state index is -0.186. The van der Waals surface area contributed by atoms with Crippen LogP contribution in [0.15, 0.2) is 24.3 Å². The van der Waals surface area contributed by atoms with Crippen LogP contribution >= 0.6 is 11.6 Å². The highest BCUT2D eigenvalue weighted by atomic mass is 35.5. The van der Waals surface area contributed by atoms with Crippen molar-refractivity contribution in [3.8, 4) is 0 Å². The largest absolute Gasteiger partial charge is 0.293 e. The SMILES string of the molecule is CN(CCl)CCc1ccc(F)cc1. The summed E-state index contributed by atoms with van der Waals surface area (Å²) in [5.41, 5.74) is 1.14. The van der Waals surface area contributed by atoms with Crippen LogP contribution in [0.4, 0.5) is 4.39 Å².